The average molecular weight is 326 g/mol. The first-order valence-corrected chi connectivity index (χ1v) is 9.25. The minimum Gasteiger partial charge on any atom is -0.355 e. The van der Waals surface area contributed by atoms with Crippen LogP contribution in [0.1, 0.15) is 38.5 Å². The van der Waals surface area contributed by atoms with Crippen molar-refractivity contribution in [3.05, 3.63) is 30.6 Å². The van der Waals surface area contributed by atoms with Gasteiger partial charge in [-0.1, -0.05) is 25.0 Å². The molecule has 24 heavy (non-hydrogen) atoms. The van der Waals surface area contributed by atoms with Crippen LogP contribution in [-0.2, 0) is 11.3 Å². The number of aromatic nitrogens is 2. The first-order valence-electron chi connectivity index (χ1n) is 9.25. The molecule has 128 valence electrons. The molecule has 5 nitrogen and oxygen atoms in total. The van der Waals surface area contributed by atoms with Gasteiger partial charge >= 0.3 is 0 Å². The number of nitrogens with one attached hydrogen (secondary N) is 2. The maximum Gasteiger partial charge on any atom is 0.237 e. The standard InChI is InChI=1S/C19H26N4O/c24-19(17-12-14-6-1-2-7-15(14)22-17)20-10-5-11-23-13-21-16-8-3-4-9-18(16)23/h3-4,8-9,13-15,17,22H,1-2,5-7,10-12H2,(H,20,24). The summed E-state index contributed by atoms with van der Waals surface area (Å²) in [5, 5.41) is 6.65. The van der Waals surface area contributed by atoms with Gasteiger partial charge in [-0.05, 0) is 43.7 Å². The lowest BCUT2D eigenvalue weighted by Crippen LogP contribution is -2.43. The summed E-state index contributed by atoms with van der Waals surface area (Å²) in [6.45, 7) is 1.60. The van der Waals surface area contributed by atoms with E-state index in [2.05, 4.69) is 26.3 Å². The normalized spacial score (nSPS) is 26.4. The highest BCUT2D eigenvalue weighted by Crippen LogP contribution is 2.33. The van der Waals surface area contributed by atoms with Crippen molar-refractivity contribution >= 4 is 16.9 Å². The molecule has 1 amide bonds. The van der Waals surface area contributed by atoms with Crippen LogP contribution in [0.15, 0.2) is 30.6 Å². The van der Waals surface area contributed by atoms with Crippen molar-refractivity contribution in [2.45, 2.75) is 57.2 Å². The molecule has 1 aromatic carbocycles. The molecule has 0 radical (unpaired) electrons. The molecule has 1 saturated carbocycles. The Morgan fingerprint density at radius 1 is 1.29 bits per heavy atom. The van der Waals surface area contributed by atoms with Gasteiger partial charge in [-0.15, -0.1) is 0 Å². The molecule has 2 heterocycles. The zero-order valence-electron chi connectivity index (χ0n) is 14.1. The van der Waals surface area contributed by atoms with E-state index in [1.807, 2.05) is 24.5 Å². The van der Waals surface area contributed by atoms with Gasteiger partial charge in [0.2, 0.25) is 5.91 Å². The number of fused-ring (bicyclic) bond motifs is 2. The Bertz CT molecular complexity index is 696. The minimum atomic E-state index is 0.0205. The number of rotatable bonds is 5. The van der Waals surface area contributed by atoms with Crippen molar-refractivity contribution in [2.75, 3.05) is 6.54 Å². The van der Waals surface area contributed by atoms with E-state index < -0.39 is 0 Å². The summed E-state index contributed by atoms with van der Waals surface area (Å²) in [5.74, 6) is 0.895. The third kappa shape index (κ3) is 3.18. The van der Waals surface area contributed by atoms with Crippen molar-refractivity contribution in [3.8, 4) is 0 Å². The Morgan fingerprint density at radius 3 is 3.08 bits per heavy atom. The molecule has 0 spiro atoms. The smallest absolute Gasteiger partial charge is 0.237 e. The molecule has 4 rings (SSSR count). The van der Waals surface area contributed by atoms with Gasteiger partial charge in [0, 0.05) is 19.1 Å². The number of aryl methyl sites for hydroxylation is 1. The van der Waals surface area contributed by atoms with Crippen LogP contribution < -0.4 is 10.6 Å². The molecule has 1 aliphatic heterocycles. The van der Waals surface area contributed by atoms with Crippen molar-refractivity contribution in [2.24, 2.45) is 5.92 Å². The van der Waals surface area contributed by atoms with E-state index in [1.165, 1.54) is 25.7 Å². The van der Waals surface area contributed by atoms with Crippen LogP contribution in [0.2, 0.25) is 0 Å². The van der Waals surface area contributed by atoms with Crippen LogP contribution in [-0.4, -0.2) is 34.1 Å². The fourth-order valence-corrected chi connectivity index (χ4v) is 4.29. The molecule has 3 unspecified atom stereocenters. The molecule has 0 bridgehead atoms. The Labute approximate surface area is 142 Å². The number of nitrogens with zero attached hydrogens (tertiary/aromatic N) is 2. The second kappa shape index (κ2) is 6.93. The van der Waals surface area contributed by atoms with Gasteiger partial charge in [-0.25, -0.2) is 4.98 Å². The summed E-state index contributed by atoms with van der Waals surface area (Å²) in [6.07, 6.45) is 8.98. The molecule has 2 fully saturated rings. The molecular weight excluding hydrogens is 300 g/mol. The maximum atomic E-state index is 12.4. The predicted molar refractivity (Wildman–Crippen MR) is 94.6 cm³/mol. The number of para-hydroxylation sites is 2. The molecule has 1 aromatic heterocycles. The van der Waals surface area contributed by atoms with Gasteiger partial charge in [0.1, 0.15) is 0 Å². The lowest BCUT2D eigenvalue weighted by molar-refractivity contribution is -0.122. The van der Waals surface area contributed by atoms with Crippen molar-refractivity contribution < 1.29 is 4.79 Å². The quantitative estimate of drug-likeness (QED) is 0.830. The monoisotopic (exact) mass is 326 g/mol. The van der Waals surface area contributed by atoms with E-state index in [0.29, 0.717) is 12.0 Å². The first-order chi connectivity index (χ1) is 11.8. The zero-order valence-corrected chi connectivity index (χ0v) is 14.1. The minimum absolute atomic E-state index is 0.0205. The largest absolute Gasteiger partial charge is 0.355 e. The lowest BCUT2D eigenvalue weighted by Gasteiger charge is -2.24. The Morgan fingerprint density at radius 2 is 2.17 bits per heavy atom. The Kier molecular flexibility index (Phi) is 4.52. The number of hydrogen-bond acceptors (Lipinski definition) is 3. The second-order valence-corrected chi connectivity index (χ2v) is 7.18. The zero-order chi connectivity index (χ0) is 16.4. The number of hydrogen-bond donors (Lipinski definition) is 2. The topological polar surface area (TPSA) is 59.0 Å². The van der Waals surface area contributed by atoms with Gasteiger partial charge in [0.15, 0.2) is 0 Å². The fourth-order valence-electron chi connectivity index (χ4n) is 4.29. The van der Waals surface area contributed by atoms with Gasteiger partial charge in [0.25, 0.3) is 0 Å². The average Bonchev–Trinajstić information content (AvgIpc) is 3.23. The van der Waals surface area contributed by atoms with Gasteiger partial charge in [0.05, 0.1) is 23.4 Å². The first kappa shape index (κ1) is 15.6. The van der Waals surface area contributed by atoms with Crippen LogP contribution in [0.3, 0.4) is 0 Å². The van der Waals surface area contributed by atoms with Crippen LogP contribution in [0.25, 0.3) is 11.0 Å². The molecule has 2 N–H and O–H groups in total. The van der Waals surface area contributed by atoms with Crippen LogP contribution in [0, 0.1) is 5.92 Å². The predicted octanol–water partition coefficient (Wildman–Crippen LogP) is 2.46. The lowest BCUT2D eigenvalue weighted by atomic mass is 9.85. The molecule has 2 aliphatic rings. The highest BCUT2D eigenvalue weighted by molar-refractivity contribution is 5.82. The summed E-state index contributed by atoms with van der Waals surface area (Å²) in [6, 6.07) is 8.75. The van der Waals surface area contributed by atoms with E-state index in [4.69, 9.17) is 0 Å². The van der Waals surface area contributed by atoms with Gasteiger partial charge in [-0.3, -0.25) is 4.79 Å². The van der Waals surface area contributed by atoms with Crippen molar-refractivity contribution in [1.29, 1.82) is 0 Å². The number of carbonyl (C=O) groups is 1. The Hall–Kier alpha value is -1.88. The summed E-state index contributed by atoms with van der Waals surface area (Å²) in [7, 11) is 0. The van der Waals surface area contributed by atoms with Gasteiger partial charge in [-0.2, -0.15) is 0 Å². The van der Waals surface area contributed by atoms with E-state index in [-0.39, 0.29) is 11.9 Å². The van der Waals surface area contributed by atoms with Crippen LogP contribution >= 0.6 is 0 Å². The van der Waals surface area contributed by atoms with Crippen molar-refractivity contribution in [3.63, 3.8) is 0 Å². The Balaban J connectivity index is 1.23. The van der Waals surface area contributed by atoms with Gasteiger partial charge < -0.3 is 15.2 Å². The highest BCUT2D eigenvalue weighted by Gasteiger charge is 2.37. The maximum absolute atomic E-state index is 12.4. The highest BCUT2D eigenvalue weighted by atomic mass is 16.2. The number of benzene rings is 1. The van der Waals surface area contributed by atoms with E-state index >= 15 is 0 Å². The summed E-state index contributed by atoms with van der Waals surface area (Å²) in [5.41, 5.74) is 2.18. The third-order valence-corrected chi connectivity index (χ3v) is 5.58. The molecule has 1 saturated heterocycles. The van der Waals surface area contributed by atoms with E-state index in [1.54, 1.807) is 0 Å². The number of imidazole rings is 1. The summed E-state index contributed by atoms with van der Waals surface area (Å²) >= 11 is 0. The van der Waals surface area contributed by atoms with E-state index in [0.717, 1.165) is 37.0 Å². The summed E-state index contributed by atoms with van der Waals surface area (Å²) < 4.78 is 2.16. The molecule has 1 aliphatic carbocycles. The van der Waals surface area contributed by atoms with Crippen LogP contribution in [0.4, 0.5) is 0 Å². The SMILES string of the molecule is O=C(NCCCn1cnc2ccccc21)C1CC2CCCCC2N1. The molecule has 2 aromatic rings. The molecule has 5 heteroatoms. The van der Waals surface area contributed by atoms with E-state index in [9.17, 15) is 4.79 Å². The van der Waals surface area contributed by atoms with Crippen LogP contribution in [0.5, 0.6) is 0 Å². The molecular formula is C19H26N4O. The molecule has 3 atom stereocenters. The summed E-state index contributed by atoms with van der Waals surface area (Å²) in [4.78, 5) is 16.8. The number of carbonyl (C=O) groups excluding carboxylic acids is 1. The number of amides is 1. The second-order valence-electron chi connectivity index (χ2n) is 7.18. The fraction of sp³-hybridized carbons (Fsp3) is 0.579. The van der Waals surface area contributed by atoms with Crippen molar-refractivity contribution in [1.82, 2.24) is 20.2 Å². The third-order valence-electron chi connectivity index (χ3n) is 5.58.